The number of aliphatic carboxylic acids is 2. The fraction of sp³-hybridized carbons (Fsp3) is 0.375. The minimum Gasteiger partial charge on any atom is -0.477 e. The van der Waals surface area contributed by atoms with Crippen LogP contribution >= 0.6 is 0 Å². The van der Waals surface area contributed by atoms with Gasteiger partial charge in [0.15, 0.2) is 0 Å². The molecule has 0 aliphatic rings. The molecule has 0 aliphatic carbocycles. The van der Waals surface area contributed by atoms with Gasteiger partial charge >= 0.3 is 11.9 Å². The molecule has 20 heavy (non-hydrogen) atoms. The largest absolute Gasteiger partial charge is 0.477 e. The molecule has 4 nitrogen and oxygen atoms in total. The van der Waals surface area contributed by atoms with Crippen LogP contribution in [0, 0.1) is 0 Å². The normalized spacial score (nSPS) is 10.1. The Bertz CT molecular complexity index is 472. The van der Waals surface area contributed by atoms with Gasteiger partial charge in [0.1, 0.15) is 5.57 Å². The Morgan fingerprint density at radius 1 is 0.950 bits per heavy atom. The van der Waals surface area contributed by atoms with Gasteiger partial charge in [0.2, 0.25) is 0 Å². The van der Waals surface area contributed by atoms with E-state index in [0.717, 1.165) is 25.7 Å². The number of unbranched alkanes of at least 4 members (excludes halogenated alkanes) is 3. The van der Waals surface area contributed by atoms with E-state index in [1.54, 1.807) is 24.3 Å². The number of benzene rings is 1. The monoisotopic (exact) mass is 276 g/mol. The Morgan fingerprint density at radius 2 is 1.55 bits per heavy atom. The zero-order valence-corrected chi connectivity index (χ0v) is 11.6. The van der Waals surface area contributed by atoms with Crippen LogP contribution in [0.4, 0.5) is 0 Å². The lowest BCUT2D eigenvalue weighted by Crippen LogP contribution is -2.14. The number of carbonyl (C=O) groups is 2. The van der Waals surface area contributed by atoms with Crippen LogP contribution in [0.2, 0.25) is 0 Å². The summed E-state index contributed by atoms with van der Waals surface area (Å²) in [7, 11) is 0. The van der Waals surface area contributed by atoms with Gasteiger partial charge in [0, 0.05) is 0 Å². The van der Waals surface area contributed by atoms with E-state index < -0.39 is 17.5 Å². The Balaban J connectivity index is 3.09. The van der Waals surface area contributed by atoms with Crippen molar-refractivity contribution < 1.29 is 19.8 Å². The first-order valence-electron chi connectivity index (χ1n) is 6.83. The standard InChI is InChI=1S/C16H20O4/c1-2-3-4-8-11-13(12-9-6-5-7-10-12)14(15(17)18)16(19)20/h5-7,9-10H,2-4,8,11H2,1H3,(H,17,18)(H,19,20). The van der Waals surface area contributed by atoms with Gasteiger partial charge in [-0.2, -0.15) is 0 Å². The van der Waals surface area contributed by atoms with Crippen molar-refractivity contribution in [3.05, 3.63) is 41.5 Å². The van der Waals surface area contributed by atoms with Crippen LogP contribution in [-0.2, 0) is 9.59 Å². The third-order valence-corrected chi connectivity index (χ3v) is 3.13. The van der Waals surface area contributed by atoms with Crippen LogP contribution in [0.15, 0.2) is 35.9 Å². The molecular weight excluding hydrogens is 256 g/mol. The number of rotatable bonds is 8. The molecule has 2 N–H and O–H groups in total. The minimum absolute atomic E-state index is 0.404. The van der Waals surface area contributed by atoms with E-state index in [1.807, 2.05) is 6.07 Å². The Hall–Kier alpha value is -2.10. The first kappa shape index (κ1) is 16.0. The van der Waals surface area contributed by atoms with Crippen LogP contribution in [0.25, 0.3) is 5.57 Å². The molecule has 0 heterocycles. The molecule has 108 valence electrons. The number of hydrogen-bond donors (Lipinski definition) is 2. The van der Waals surface area contributed by atoms with Gasteiger partial charge in [-0.15, -0.1) is 0 Å². The highest BCUT2D eigenvalue weighted by Gasteiger charge is 2.22. The van der Waals surface area contributed by atoms with Crippen LogP contribution in [0.1, 0.15) is 44.6 Å². The third kappa shape index (κ3) is 4.53. The maximum absolute atomic E-state index is 11.2. The summed E-state index contributed by atoms with van der Waals surface area (Å²) in [5.74, 6) is -2.77. The molecule has 0 saturated carbocycles. The van der Waals surface area contributed by atoms with Gasteiger partial charge in [-0.1, -0.05) is 56.5 Å². The number of carboxylic acid groups (broad SMARTS) is 2. The summed E-state index contributed by atoms with van der Waals surface area (Å²) in [6.07, 6.45) is 4.38. The van der Waals surface area contributed by atoms with Gasteiger partial charge in [-0.3, -0.25) is 0 Å². The van der Waals surface area contributed by atoms with Gasteiger partial charge in [0.05, 0.1) is 0 Å². The zero-order valence-electron chi connectivity index (χ0n) is 11.6. The molecule has 0 unspecified atom stereocenters. The average molecular weight is 276 g/mol. The molecule has 0 radical (unpaired) electrons. The summed E-state index contributed by atoms with van der Waals surface area (Å²) in [5.41, 5.74) is 0.554. The van der Waals surface area contributed by atoms with E-state index in [-0.39, 0.29) is 0 Å². The SMILES string of the molecule is CCCCCCC(=C(C(=O)O)C(=O)O)c1ccccc1. The molecule has 0 fully saturated rings. The molecule has 0 saturated heterocycles. The predicted octanol–water partition coefficient (Wildman–Crippen LogP) is 3.58. The molecule has 1 aromatic carbocycles. The molecule has 4 heteroatoms. The zero-order chi connectivity index (χ0) is 15.0. The first-order chi connectivity index (χ1) is 9.57. The fourth-order valence-corrected chi connectivity index (χ4v) is 2.13. The van der Waals surface area contributed by atoms with Crippen molar-refractivity contribution in [2.24, 2.45) is 0 Å². The Morgan fingerprint density at radius 3 is 2.05 bits per heavy atom. The van der Waals surface area contributed by atoms with Crippen LogP contribution in [-0.4, -0.2) is 22.2 Å². The summed E-state index contributed by atoms with van der Waals surface area (Å²) in [5, 5.41) is 18.3. The van der Waals surface area contributed by atoms with Crippen molar-refractivity contribution in [2.75, 3.05) is 0 Å². The minimum atomic E-state index is -1.38. The molecule has 0 spiro atoms. The van der Waals surface area contributed by atoms with E-state index in [2.05, 4.69) is 6.92 Å². The highest BCUT2D eigenvalue weighted by atomic mass is 16.4. The number of hydrogen-bond acceptors (Lipinski definition) is 2. The van der Waals surface area contributed by atoms with Crippen molar-refractivity contribution in [2.45, 2.75) is 39.0 Å². The van der Waals surface area contributed by atoms with Gasteiger partial charge in [-0.05, 0) is 24.0 Å². The molecular formula is C16H20O4. The molecule has 0 aromatic heterocycles. The number of carboxylic acids is 2. The summed E-state index contributed by atoms with van der Waals surface area (Å²) < 4.78 is 0. The highest BCUT2D eigenvalue weighted by Crippen LogP contribution is 2.25. The van der Waals surface area contributed by atoms with E-state index in [4.69, 9.17) is 10.2 Å². The Labute approximate surface area is 118 Å². The fourth-order valence-electron chi connectivity index (χ4n) is 2.13. The second-order valence-corrected chi connectivity index (χ2v) is 4.64. The van der Waals surface area contributed by atoms with E-state index in [0.29, 0.717) is 17.6 Å². The molecule has 0 aliphatic heterocycles. The topological polar surface area (TPSA) is 74.6 Å². The second kappa shape index (κ2) is 8.15. The van der Waals surface area contributed by atoms with Crippen molar-refractivity contribution in [3.8, 4) is 0 Å². The summed E-state index contributed by atoms with van der Waals surface area (Å²) >= 11 is 0. The third-order valence-electron chi connectivity index (χ3n) is 3.13. The lowest BCUT2D eigenvalue weighted by molar-refractivity contribution is -0.140. The van der Waals surface area contributed by atoms with Crippen molar-refractivity contribution in [1.82, 2.24) is 0 Å². The van der Waals surface area contributed by atoms with Gasteiger partial charge in [-0.25, -0.2) is 9.59 Å². The molecule has 1 aromatic rings. The molecule has 1 rings (SSSR count). The van der Waals surface area contributed by atoms with Gasteiger partial charge in [0.25, 0.3) is 0 Å². The predicted molar refractivity (Wildman–Crippen MR) is 77.4 cm³/mol. The summed E-state index contributed by atoms with van der Waals surface area (Å²) in [4.78, 5) is 22.4. The lowest BCUT2D eigenvalue weighted by atomic mass is 9.94. The lowest BCUT2D eigenvalue weighted by Gasteiger charge is -2.10. The quantitative estimate of drug-likeness (QED) is 0.329. The van der Waals surface area contributed by atoms with E-state index in [9.17, 15) is 9.59 Å². The summed E-state index contributed by atoms with van der Waals surface area (Å²) in [6.45, 7) is 2.09. The van der Waals surface area contributed by atoms with Gasteiger partial charge < -0.3 is 10.2 Å². The average Bonchev–Trinajstić information content (AvgIpc) is 2.42. The second-order valence-electron chi connectivity index (χ2n) is 4.64. The van der Waals surface area contributed by atoms with Crippen LogP contribution in [0.3, 0.4) is 0 Å². The summed E-state index contributed by atoms with van der Waals surface area (Å²) in [6, 6.07) is 8.88. The first-order valence-corrected chi connectivity index (χ1v) is 6.83. The highest BCUT2D eigenvalue weighted by molar-refractivity contribution is 6.18. The van der Waals surface area contributed by atoms with Crippen LogP contribution in [0.5, 0.6) is 0 Å². The smallest absolute Gasteiger partial charge is 0.343 e. The van der Waals surface area contributed by atoms with Crippen LogP contribution < -0.4 is 0 Å². The van der Waals surface area contributed by atoms with Crippen molar-refractivity contribution >= 4 is 17.5 Å². The molecule has 0 bridgehead atoms. The Kier molecular flexibility index (Phi) is 6.50. The van der Waals surface area contributed by atoms with Crippen molar-refractivity contribution in [3.63, 3.8) is 0 Å². The maximum Gasteiger partial charge on any atom is 0.343 e. The number of allylic oxidation sites excluding steroid dienone is 1. The van der Waals surface area contributed by atoms with E-state index in [1.165, 1.54) is 0 Å². The van der Waals surface area contributed by atoms with Crippen molar-refractivity contribution in [1.29, 1.82) is 0 Å². The van der Waals surface area contributed by atoms with E-state index >= 15 is 0 Å². The molecule has 0 atom stereocenters. The molecule has 0 amide bonds. The maximum atomic E-state index is 11.2.